The lowest BCUT2D eigenvalue weighted by Crippen LogP contribution is -2.27. The molecular formula is C10H24BN. The second kappa shape index (κ2) is 6.53. The first-order chi connectivity index (χ1) is 5.57. The Kier molecular flexibility index (Phi) is 6.54. The van der Waals surface area contributed by atoms with E-state index < -0.39 is 0 Å². The maximum Gasteiger partial charge on any atom is 0.105 e. The summed E-state index contributed by atoms with van der Waals surface area (Å²) in [6, 6.07) is 0.803. The summed E-state index contributed by atoms with van der Waals surface area (Å²) in [5.41, 5.74) is 0. The molecule has 2 atom stereocenters. The second-order valence-corrected chi connectivity index (χ2v) is 4.38. The smallest absolute Gasteiger partial charge is 0.105 e. The Labute approximate surface area is 78.9 Å². The number of hydrogen-bond donors (Lipinski definition) is 0. The Balaban J connectivity index is 3.63. The van der Waals surface area contributed by atoms with Gasteiger partial charge in [0.25, 0.3) is 0 Å². The third-order valence-electron chi connectivity index (χ3n) is 2.43. The largest absolute Gasteiger partial charge is 0.306 e. The van der Waals surface area contributed by atoms with E-state index in [9.17, 15) is 0 Å². The molecule has 72 valence electrons. The third-order valence-corrected chi connectivity index (χ3v) is 2.43. The molecule has 0 aliphatic heterocycles. The Morgan fingerprint density at radius 3 is 2.08 bits per heavy atom. The van der Waals surface area contributed by atoms with E-state index in [1.165, 1.54) is 25.7 Å². The van der Waals surface area contributed by atoms with Crippen LogP contribution in [0.2, 0.25) is 5.82 Å². The van der Waals surface area contributed by atoms with Crippen molar-refractivity contribution in [2.24, 2.45) is 0 Å². The van der Waals surface area contributed by atoms with Crippen LogP contribution in [0.3, 0.4) is 0 Å². The molecule has 0 saturated heterocycles. The molecule has 0 aliphatic rings. The van der Waals surface area contributed by atoms with Crippen LogP contribution in [0.5, 0.6) is 0 Å². The molecule has 0 aromatic carbocycles. The lowest BCUT2D eigenvalue weighted by molar-refractivity contribution is 0.257. The molecule has 0 radical (unpaired) electrons. The molecule has 0 N–H and O–H groups in total. The fraction of sp³-hybridized carbons (Fsp3) is 1.00. The molecule has 0 aromatic heterocycles. The number of rotatable bonds is 6. The average molecular weight is 169 g/mol. The van der Waals surface area contributed by atoms with Crippen molar-refractivity contribution in [3.63, 3.8) is 0 Å². The summed E-state index contributed by atoms with van der Waals surface area (Å²) in [7, 11) is 6.69. The van der Waals surface area contributed by atoms with Gasteiger partial charge in [-0.15, -0.1) is 0 Å². The molecular weight excluding hydrogens is 145 g/mol. The minimum Gasteiger partial charge on any atom is -0.306 e. The van der Waals surface area contributed by atoms with Crippen molar-refractivity contribution in [1.29, 1.82) is 0 Å². The van der Waals surface area contributed by atoms with Crippen LogP contribution in [0.1, 0.15) is 39.5 Å². The van der Waals surface area contributed by atoms with Crippen LogP contribution in [0.15, 0.2) is 0 Å². The summed E-state index contributed by atoms with van der Waals surface area (Å²) in [5, 5.41) is 0. The van der Waals surface area contributed by atoms with E-state index >= 15 is 0 Å². The van der Waals surface area contributed by atoms with Crippen LogP contribution < -0.4 is 0 Å². The van der Waals surface area contributed by atoms with Gasteiger partial charge >= 0.3 is 0 Å². The van der Waals surface area contributed by atoms with Gasteiger partial charge in [-0.2, -0.15) is 0 Å². The van der Waals surface area contributed by atoms with E-state index in [1.54, 1.807) is 0 Å². The zero-order valence-electron chi connectivity index (χ0n) is 9.43. The van der Waals surface area contributed by atoms with Crippen LogP contribution in [0, 0.1) is 0 Å². The topological polar surface area (TPSA) is 3.24 Å². The van der Waals surface area contributed by atoms with Gasteiger partial charge in [-0.25, -0.2) is 0 Å². The van der Waals surface area contributed by atoms with E-state index in [4.69, 9.17) is 0 Å². The molecule has 0 aliphatic carbocycles. The minimum atomic E-state index is 0.803. The Bertz CT molecular complexity index is 102. The molecule has 0 saturated carbocycles. The van der Waals surface area contributed by atoms with Crippen LogP contribution in [0.25, 0.3) is 0 Å². The van der Waals surface area contributed by atoms with E-state index in [0.717, 1.165) is 11.9 Å². The highest BCUT2D eigenvalue weighted by molar-refractivity contribution is 6.11. The maximum atomic E-state index is 2.37. The standard InChI is InChI=1S/C10H24BN/c1-5-6-10(12(3)4)8-7-9(2)11/h9-10H,5-8,11H2,1-4H3. The zero-order chi connectivity index (χ0) is 9.56. The molecule has 0 amide bonds. The van der Waals surface area contributed by atoms with Crippen molar-refractivity contribution in [2.75, 3.05) is 14.1 Å². The molecule has 0 fully saturated rings. The predicted molar refractivity (Wildman–Crippen MR) is 59.6 cm³/mol. The molecule has 0 bridgehead atoms. The van der Waals surface area contributed by atoms with Crippen molar-refractivity contribution < 1.29 is 0 Å². The Morgan fingerprint density at radius 2 is 1.75 bits per heavy atom. The summed E-state index contributed by atoms with van der Waals surface area (Å²) in [6.07, 6.45) is 5.38. The van der Waals surface area contributed by atoms with Crippen molar-refractivity contribution in [3.8, 4) is 0 Å². The lowest BCUT2D eigenvalue weighted by atomic mass is 9.84. The van der Waals surface area contributed by atoms with Gasteiger partial charge in [0.2, 0.25) is 0 Å². The molecule has 0 rings (SSSR count). The van der Waals surface area contributed by atoms with E-state index in [-0.39, 0.29) is 0 Å². The molecule has 2 heteroatoms. The normalized spacial score (nSPS) is 16.4. The van der Waals surface area contributed by atoms with Crippen LogP contribution in [0.4, 0.5) is 0 Å². The Morgan fingerprint density at radius 1 is 1.17 bits per heavy atom. The van der Waals surface area contributed by atoms with Gasteiger partial charge in [-0.05, 0) is 26.9 Å². The van der Waals surface area contributed by atoms with Crippen molar-refractivity contribution in [3.05, 3.63) is 0 Å². The van der Waals surface area contributed by atoms with Gasteiger partial charge < -0.3 is 4.90 Å². The van der Waals surface area contributed by atoms with Gasteiger partial charge in [0.05, 0.1) is 0 Å². The molecule has 2 unspecified atom stereocenters. The lowest BCUT2D eigenvalue weighted by Gasteiger charge is -2.24. The van der Waals surface area contributed by atoms with E-state index in [1.807, 2.05) is 0 Å². The first kappa shape index (κ1) is 12.0. The molecule has 0 aromatic rings. The quantitative estimate of drug-likeness (QED) is 0.549. The van der Waals surface area contributed by atoms with Gasteiger partial charge in [0, 0.05) is 6.04 Å². The fourth-order valence-electron chi connectivity index (χ4n) is 1.52. The average Bonchev–Trinajstić information content (AvgIpc) is 1.96. The SMILES string of the molecule is BC(C)CCC(CCC)N(C)C. The summed E-state index contributed by atoms with van der Waals surface area (Å²) in [5.74, 6) is 0.851. The van der Waals surface area contributed by atoms with Crippen molar-refractivity contribution in [1.82, 2.24) is 4.90 Å². The number of nitrogens with zero attached hydrogens (tertiary/aromatic N) is 1. The van der Waals surface area contributed by atoms with Crippen LogP contribution in [-0.4, -0.2) is 32.9 Å². The molecule has 1 nitrogen and oxygen atoms in total. The monoisotopic (exact) mass is 169 g/mol. The van der Waals surface area contributed by atoms with E-state index in [2.05, 4.69) is 40.7 Å². The van der Waals surface area contributed by atoms with Crippen molar-refractivity contribution >= 4 is 7.85 Å². The van der Waals surface area contributed by atoms with Crippen LogP contribution in [-0.2, 0) is 0 Å². The highest BCUT2D eigenvalue weighted by atomic mass is 15.1. The van der Waals surface area contributed by atoms with Gasteiger partial charge in [0.1, 0.15) is 7.85 Å². The summed E-state index contributed by atoms with van der Waals surface area (Å²) >= 11 is 0. The summed E-state index contributed by atoms with van der Waals surface area (Å²) < 4.78 is 0. The highest BCUT2D eigenvalue weighted by Gasteiger charge is 2.10. The second-order valence-electron chi connectivity index (χ2n) is 4.38. The Hall–Kier alpha value is 0.0249. The number of hydrogen-bond acceptors (Lipinski definition) is 1. The molecule has 0 spiro atoms. The first-order valence-corrected chi connectivity index (χ1v) is 5.24. The minimum absolute atomic E-state index is 0.803. The maximum absolute atomic E-state index is 2.37. The van der Waals surface area contributed by atoms with Crippen molar-refractivity contribution in [2.45, 2.75) is 51.4 Å². The molecule has 0 heterocycles. The summed E-state index contributed by atoms with van der Waals surface area (Å²) in [4.78, 5) is 2.37. The highest BCUT2D eigenvalue weighted by Crippen LogP contribution is 2.15. The van der Waals surface area contributed by atoms with E-state index in [0.29, 0.717) is 0 Å². The third kappa shape index (κ3) is 5.65. The predicted octanol–water partition coefficient (Wildman–Crippen LogP) is 1.94. The van der Waals surface area contributed by atoms with Gasteiger partial charge in [0.15, 0.2) is 0 Å². The molecule has 12 heavy (non-hydrogen) atoms. The zero-order valence-corrected chi connectivity index (χ0v) is 9.43. The van der Waals surface area contributed by atoms with Crippen LogP contribution >= 0.6 is 0 Å². The van der Waals surface area contributed by atoms with Gasteiger partial charge in [-0.1, -0.05) is 32.5 Å². The fourth-order valence-corrected chi connectivity index (χ4v) is 1.52. The summed E-state index contributed by atoms with van der Waals surface area (Å²) in [6.45, 7) is 4.57. The van der Waals surface area contributed by atoms with Gasteiger partial charge in [-0.3, -0.25) is 0 Å². The first-order valence-electron chi connectivity index (χ1n) is 5.24.